The number of benzene rings is 1. The third kappa shape index (κ3) is 4.09. The van der Waals surface area contributed by atoms with Gasteiger partial charge in [-0.3, -0.25) is 0 Å². The van der Waals surface area contributed by atoms with Crippen molar-refractivity contribution in [1.82, 2.24) is 0 Å². The second kappa shape index (κ2) is 5.97. The molecule has 0 aliphatic carbocycles. The van der Waals surface area contributed by atoms with Crippen molar-refractivity contribution in [2.75, 3.05) is 5.88 Å². The van der Waals surface area contributed by atoms with E-state index in [0.717, 1.165) is 12.8 Å². The third-order valence-corrected chi connectivity index (χ3v) is 2.79. The van der Waals surface area contributed by atoms with E-state index in [0.29, 0.717) is 5.88 Å². The Morgan fingerprint density at radius 2 is 2.07 bits per heavy atom. The molecule has 0 aliphatic rings. The molecule has 0 aromatic heterocycles. The molecule has 0 saturated heterocycles. The Morgan fingerprint density at radius 3 is 2.73 bits per heavy atom. The Bertz CT molecular complexity index is 350. The number of halogens is 1. The predicted octanol–water partition coefficient (Wildman–Crippen LogP) is 4.42. The van der Waals surface area contributed by atoms with Gasteiger partial charge in [0, 0.05) is 5.88 Å². The van der Waals surface area contributed by atoms with Crippen molar-refractivity contribution in [2.45, 2.75) is 33.6 Å². The number of aryl methyl sites for hydroxylation is 2. The van der Waals surface area contributed by atoms with Crippen LogP contribution in [0.25, 0.3) is 0 Å². The highest BCUT2D eigenvalue weighted by Crippen LogP contribution is 2.15. The molecule has 1 aromatic rings. The Balaban J connectivity index is 2.75. The summed E-state index contributed by atoms with van der Waals surface area (Å²) in [5.74, 6) is 0.712. The normalized spacial score (nSPS) is 11.9. The molecule has 0 atom stereocenters. The lowest BCUT2D eigenvalue weighted by molar-refractivity contribution is 1.07. The lowest BCUT2D eigenvalue weighted by Gasteiger charge is -2.07. The minimum Gasteiger partial charge on any atom is -0.126 e. The highest BCUT2D eigenvalue weighted by Gasteiger charge is 1.99. The average Bonchev–Trinajstić information content (AvgIpc) is 2.20. The first-order valence-corrected chi connectivity index (χ1v) is 5.94. The summed E-state index contributed by atoms with van der Waals surface area (Å²) in [5, 5.41) is 0. The molecule has 1 rings (SSSR count). The molecule has 15 heavy (non-hydrogen) atoms. The predicted molar refractivity (Wildman–Crippen MR) is 68.7 cm³/mol. The first kappa shape index (κ1) is 12.3. The number of alkyl halides is 1. The van der Waals surface area contributed by atoms with E-state index in [2.05, 4.69) is 45.0 Å². The second-order valence-corrected chi connectivity index (χ2v) is 4.51. The van der Waals surface area contributed by atoms with Crippen LogP contribution >= 0.6 is 11.6 Å². The van der Waals surface area contributed by atoms with Gasteiger partial charge in [0.05, 0.1) is 0 Å². The molecule has 0 radical (unpaired) electrons. The van der Waals surface area contributed by atoms with Crippen LogP contribution in [0.2, 0.25) is 0 Å². The molecule has 0 heterocycles. The minimum absolute atomic E-state index is 0.712. The summed E-state index contributed by atoms with van der Waals surface area (Å²) >= 11 is 5.66. The molecule has 0 unspecified atom stereocenters. The van der Waals surface area contributed by atoms with E-state index in [-0.39, 0.29) is 0 Å². The maximum Gasteiger partial charge on any atom is 0.0258 e. The molecule has 82 valence electrons. The summed E-state index contributed by atoms with van der Waals surface area (Å²) in [6.07, 6.45) is 4.25. The molecule has 0 fully saturated rings. The van der Waals surface area contributed by atoms with Gasteiger partial charge in [-0.25, -0.2) is 0 Å². The van der Waals surface area contributed by atoms with Crippen molar-refractivity contribution in [2.24, 2.45) is 0 Å². The summed E-state index contributed by atoms with van der Waals surface area (Å²) in [4.78, 5) is 0. The molecule has 1 aromatic carbocycles. The fourth-order valence-electron chi connectivity index (χ4n) is 1.66. The minimum atomic E-state index is 0.712. The quantitative estimate of drug-likeness (QED) is 0.523. The Labute approximate surface area is 98.0 Å². The Hall–Kier alpha value is -0.750. The van der Waals surface area contributed by atoms with Crippen molar-refractivity contribution in [3.05, 3.63) is 46.5 Å². The standard InChI is InChI=1S/C14H19Cl/c1-11(5-4-8-15)9-14-10-12(2)6-7-13(14)3/h5-7,10H,4,8-9H2,1-3H3. The summed E-state index contributed by atoms with van der Waals surface area (Å²) in [5.41, 5.74) is 5.54. The van der Waals surface area contributed by atoms with Crippen LogP contribution in [-0.2, 0) is 6.42 Å². The monoisotopic (exact) mass is 222 g/mol. The van der Waals surface area contributed by atoms with E-state index >= 15 is 0 Å². The maximum absolute atomic E-state index is 5.66. The number of hydrogen-bond donors (Lipinski definition) is 0. The molecule has 1 heteroatoms. The molecular formula is C14H19Cl. The van der Waals surface area contributed by atoms with Crippen LogP contribution in [0, 0.1) is 13.8 Å². The molecule has 0 nitrogen and oxygen atoms in total. The summed E-state index contributed by atoms with van der Waals surface area (Å²) in [6.45, 7) is 6.48. The van der Waals surface area contributed by atoms with Crippen molar-refractivity contribution < 1.29 is 0 Å². The van der Waals surface area contributed by atoms with Crippen molar-refractivity contribution in [3.8, 4) is 0 Å². The lowest BCUT2D eigenvalue weighted by Crippen LogP contribution is -1.92. The van der Waals surface area contributed by atoms with E-state index < -0.39 is 0 Å². The summed E-state index contributed by atoms with van der Waals surface area (Å²) in [6, 6.07) is 6.63. The largest absolute Gasteiger partial charge is 0.126 e. The number of allylic oxidation sites excluding steroid dienone is 2. The molecule has 0 amide bonds. The smallest absolute Gasteiger partial charge is 0.0258 e. The molecule has 0 saturated carbocycles. The van der Waals surface area contributed by atoms with E-state index in [9.17, 15) is 0 Å². The highest BCUT2D eigenvalue weighted by atomic mass is 35.5. The van der Waals surface area contributed by atoms with Gasteiger partial charge < -0.3 is 0 Å². The molecule has 0 aliphatic heterocycles. The zero-order valence-electron chi connectivity index (χ0n) is 9.81. The topological polar surface area (TPSA) is 0 Å². The van der Waals surface area contributed by atoms with Crippen LogP contribution in [0.15, 0.2) is 29.8 Å². The first-order valence-electron chi connectivity index (χ1n) is 5.41. The van der Waals surface area contributed by atoms with Gasteiger partial charge in [-0.2, -0.15) is 0 Å². The fraction of sp³-hybridized carbons (Fsp3) is 0.429. The highest BCUT2D eigenvalue weighted by molar-refractivity contribution is 6.17. The van der Waals surface area contributed by atoms with Gasteiger partial charge in [0.25, 0.3) is 0 Å². The second-order valence-electron chi connectivity index (χ2n) is 4.13. The summed E-state index contributed by atoms with van der Waals surface area (Å²) < 4.78 is 0. The molecule has 0 N–H and O–H groups in total. The molecule has 0 spiro atoms. The fourth-order valence-corrected chi connectivity index (χ4v) is 1.77. The zero-order chi connectivity index (χ0) is 11.3. The molecular weight excluding hydrogens is 204 g/mol. The van der Waals surface area contributed by atoms with Gasteiger partial charge in [-0.15, -0.1) is 11.6 Å². The van der Waals surface area contributed by atoms with Crippen molar-refractivity contribution >= 4 is 11.6 Å². The van der Waals surface area contributed by atoms with Gasteiger partial charge in [0.2, 0.25) is 0 Å². The van der Waals surface area contributed by atoms with E-state index in [1.807, 2.05) is 0 Å². The Kier molecular flexibility index (Phi) is 4.90. The maximum atomic E-state index is 5.66. The zero-order valence-corrected chi connectivity index (χ0v) is 10.6. The van der Waals surface area contributed by atoms with Gasteiger partial charge >= 0.3 is 0 Å². The van der Waals surface area contributed by atoms with Gasteiger partial charge in [-0.1, -0.05) is 35.4 Å². The average molecular weight is 223 g/mol. The van der Waals surface area contributed by atoms with E-state index in [1.54, 1.807) is 0 Å². The van der Waals surface area contributed by atoms with E-state index in [4.69, 9.17) is 11.6 Å². The Morgan fingerprint density at radius 1 is 1.33 bits per heavy atom. The van der Waals surface area contributed by atoms with Crippen molar-refractivity contribution in [3.63, 3.8) is 0 Å². The molecule has 0 bridgehead atoms. The van der Waals surface area contributed by atoms with Gasteiger partial charge in [0.15, 0.2) is 0 Å². The first-order chi connectivity index (χ1) is 7.13. The lowest BCUT2D eigenvalue weighted by atomic mass is 9.99. The van der Waals surface area contributed by atoms with Crippen molar-refractivity contribution in [1.29, 1.82) is 0 Å². The summed E-state index contributed by atoms with van der Waals surface area (Å²) in [7, 11) is 0. The van der Waals surface area contributed by atoms with Crippen LogP contribution in [0.5, 0.6) is 0 Å². The van der Waals surface area contributed by atoms with E-state index in [1.165, 1.54) is 22.3 Å². The van der Waals surface area contributed by atoms with Crippen LogP contribution in [0.3, 0.4) is 0 Å². The third-order valence-electron chi connectivity index (χ3n) is 2.58. The van der Waals surface area contributed by atoms with Crippen LogP contribution in [0.1, 0.15) is 30.0 Å². The SMILES string of the molecule is CC(=CCCCl)Cc1cc(C)ccc1C. The van der Waals surface area contributed by atoms with Crippen LogP contribution in [0.4, 0.5) is 0 Å². The number of rotatable bonds is 4. The van der Waals surface area contributed by atoms with Gasteiger partial charge in [-0.05, 0) is 44.7 Å². The number of hydrogen-bond acceptors (Lipinski definition) is 0. The van der Waals surface area contributed by atoms with Crippen LogP contribution in [-0.4, -0.2) is 5.88 Å². The van der Waals surface area contributed by atoms with Crippen LogP contribution < -0.4 is 0 Å². The van der Waals surface area contributed by atoms with Gasteiger partial charge in [0.1, 0.15) is 0 Å².